The number of thiazole rings is 1. The second-order valence-electron chi connectivity index (χ2n) is 5.11. The predicted octanol–water partition coefficient (Wildman–Crippen LogP) is 4.84. The van der Waals surface area contributed by atoms with E-state index >= 15 is 0 Å². The first-order valence-electron chi connectivity index (χ1n) is 7.13. The van der Waals surface area contributed by atoms with Crippen LogP contribution in [0, 0.1) is 19.7 Å². The number of aryl methyl sites for hydroxylation is 2. The summed E-state index contributed by atoms with van der Waals surface area (Å²) < 4.78 is 13.6. The van der Waals surface area contributed by atoms with Gasteiger partial charge in [0.15, 0.2) is 0 Å². The van der Waals surface area contributed by atoms with Gasteiger partial charge in [0, 0.05) is 10.9 Å². The number of nitrogens with zero attached hydrogens (tertiary/aromatic N) is 1. The summed E-state index contributed by atoms with van der Waals surface area (Å²) in [6, 6.07) is 5.10. The molecule has 0 amide bonds. The number of nitrogens with one attached hydrogen (secondary N) is 1. The Bertz CT molecular complexity index is 612. The van der Waals surface area contributed by atoms with Gasteiger partial charge in [-0.2, -0.15) is 0 Å². The maximum Gasteiger partial charge on any atom is 0.142 e. The highest BCUT2D eigenvalue weighted by atomic mass is 35.5. The molecule has 0 aliphatic heterocycles. The van der Waals surface area contributed by atoms with Crippen LogP contribution in [0.3, 0.4) is 0 Å². The molecule has 0 radical (unpaired) electrons. The average Bonchev–Trinajstić information content (AvgIpc) is 2.78. The number of aromatic nitrogens is 1. The summed E-state index contributed by atoms with van der Waals surface area (Å²) in [7, 11) is 0. The number of halogens is 2. The van der Waals surface area contributed by atoms with Crippen molar-refractivity contribution >= 4 is 22.9 Å². The zero-order valence-electron chi connectivity index (χ0n) is 12.5. The van der Waals surface area contributed by atoms with Crippen molar-refractivity contribution in [1.82, 2.24) is 10.3 Å². The molecular weight excluding hydrogens is 307 g/mol. The van der Waals surface area contributed by atoms with Crippen molar-refractivity contribution in [2.24, 2.45) is 0 Å². The van der Waals surface area contributed by atoms with Crippen molar-refractivity contribution in [2.75, 3.05) is 6.54 Å². The zero-order chi connectivity index (χ0) is 15.4. The minimum atomic E-state index is -0.361. The van der Waals surface area contributed by atoms with Gasteiger partial charge in [0.25, 0.3) is 0 Å². The first-order valence-corrected chi connectivity index (χ1v) is 8.32. The summed E-state index contributed by atoms with van der Waals surface area (Å²) in [5.74, 6) is -0.361. The second-order valence-corrected chi connectivity index (χ2v) is 6.72. The Morgan fingerprint density at radius 1 is 1.38 bits per heavy atom. The van der Waals surface area contributed by atoms with Crippen LogP contribution in [0.5, 0.6) is 0 Å². The number of hydrogen-bond donors (Lipinski definition) is 1. The van der Waals surface area contributed by atoms with Crippen LogP contribution in [0.2, 0.25) is 5.02 Å². The largest absolute Gasteiger partial charge is 0.309 e. The summed E-state index contributed by atoms with van der Waals surface area (Å²) in [6.07, 6.45) is 1.71. The third-order valence-electron chi connectivity index (χ3n) is 3.35. The van der Waals surface area contributed by atoms with Gasteiger partial charge in [0.1, 0.15) is 5.82 Å². The van der Waals surface area contributed by atoms with Crippen molar-refractivity contribution in [1.29, 1.82) is 0 Å². The summed E-state index contributed by atoms with van der Waals surface area (Å²) in [4.78, 5) is 5.70. The standard InChI is InChI=1S/C16H20ClFN2S/c1-4-8-19-14(16-10(2)20-11(3)21-16)9-12-6-5-7-13(18)15(12)17/h5-7,14,19H,4,8-9H2,1-3H3. The lowest BCUT2D eigenvalue weighted by molar-refractivity contribution is 0.531. The summed E-state index contributed by atoms with van der Waals surface area (Å²) in [5.41, 5.74) is 1.87. The van der Waals surface area contributed by atoms with Crippen LogP contribution in [-0.4, -0.2) is 11.5 Å². The molecule has 0 saturated heterocycles. The molecule has 0 saturated carbocycles. The van der Waals surface area contributed by atoms with Crippen LogP contribution in [0.4, 0.5) is 4.39 Å². The highest BCUT2D eigenvalue weighted by molar-refractivity contribution is 7.11. The minimum absolute atomic E-state index is 0.121. The molecule has 0 bridgehead atoms. The van der Waals surface area contributed by atoms with Crippen LogP contribution < -0.4 is 5.32 Å². The third-order valence-corrected chi connectivity index (χ3v) is 4.96. The zero-order valence-corrected chi connectivity index (χ0v) is 14.1. The Hall–Kier alpha value is -0.970. The van der Waals surface area contributed by atoms with Gasteiger partial charge in [0.05, 0.1) is 15.7 Å². The maximum atomic E-state index is 13.6. The molecule has 0 aliphatic rings. The van der Waals surface area contributed by atoms with Crippen LogP contribution in [0.1, 0.15) is 40.5 Å². The van der Waals surface area contributed by atoms with Crippen molar-refractivity contribution in [3.63, 3.8) is 0 Å². The molecule has 1 aromatic carbocycles. The van der Waals surface area contributed by atoms with E-state index < -0.39 is 0 Å². The van der Waals surface area contributed by atoms with Gasteiger partial charge in [-0.3, -0.25) is 0 Å². The number of hydrogen-bond acceptors (Lipinski definition) is 3. The Balaban J connectivity index is 2.28. The first-order chi connectivity index (χ1) is 10.0. The fourth-order valence-corrected chi connectivity index (χ4v) is 3.58. The lowest BCUT2D eigenvalue weighted by Crippen LogP contribution is -2.24. The molecule has 1 N–H and O–H groups in total. The van der Waals surface area contributed by atoms with Gasteiger partial charge >= 0.3 is 0 Å². The maximum absolute atomic E-state index is 13.6. The Kier molecular flexibility index (Phi) is 5.73. The topological polar surface area (TPSA) is 24.9 Å². The van der Waals surface area contributed by atoms with E-state index in [4.69, 9.17) is 11.6 Å². The molecule has 1 atom stereocenters. The molecule has 2 rings (SSSR count). The highest BCUT2D eigenvalue weighted by Gasteiger charge is 2.19. The third kappa shape index (κ3) is 4.02. The molecule has 0 spiro atoms. The first kappa shape index (κ1) is 16.4. The molecule has 2 nitrogen and oxygen atoms in total. The number of benzene rings is 1. The van der Waals surface area contributed by atoms with Crippen LogP contribution in [0.15, 0.2) is 18.2 Å². The summed E-state index contributed by atoms with van der Waals surface area (Å²) >= 11 is 7.78. The summed E-state index contributed by atoms with van der Waals surface area (Å²) in [5, 5.41) is 4.80. The summed E-state index contributed by atoms with van der Waals surface area (Å²) in [6.45, 7) is 7.07. The molecule has 21 heavy (non-hydrogen) atoms. The van der Waals surface area contributed by atoms with Gasteiger partial charge in [0.2, 0.25) is 0 Å². The average molecular weight is 327 g/mol. The normalized spacial score (nSPS) is 12.6. The molecule has 0 fully saturated rings. The smallest absolute Gasteiger partial charge is 0.142 e. The quantitative estimate of drug-likeness (QED) is 0.822. The molecule has 114 valence electrons. The fraction of sp³-hybridized carbons (Fsp3) is 0.438. The molecule has 0 aliphatic carbocycles. The van der Waals surface area contributed by atoms with Gasteiger partial charge in [-0.25, -0.2) is 9.37 Å². The lowest BCUT2D eigenvalue weighted by atomic mass is 10.0. The Morgan fingerprint density at radius 3 is 2.76 bits per heavy atom. The van der Waals surface area contributed by atoms with Gasteiger partial charge < -0.3 is 5.32 Å². The van der Waals surface area contributed by atoms with Crippen LogP contribution in [-0.2, 0) is 6.42 Å². The van der Waals surface area contributed by atoms with Crippen molar-refractivity contribution in [3.05, 3.63) is 50.2 Å². The monoisotopic (exact) mass is 326 g/mol. The van der Waals surface area contributed by atoms with E-state index in [0.717, 1.165) is 29.2 Å². The van der Waals surface area contributed by atoms with Gasteiger partial charge in [-0.05, 0) is 44.9 Å². The Morgan fingerprint density at radius 2 is 2.14 bits per heavy atom. The Labute approximate surface area is 134 Å². The molecule has 2 aromatic rings. The van der Waals surface area contributed by atoms with E-state index in [0.29, 0.717) is 6.42 Å². The SMILES string of the molecule is CCCNC(Cc1cccc(F)c1Cl)c1sc(C)nc1C. The van der Waals surface area contributed by atoms with Gasteiger partial charge in [-0.1, -0.05) is 30.7 Å². The van der Waals surface area contributed by atoms with Crippen molar-refractivity contribution < 1.29 is 4.39 Å². The molecule has 1 aromatic heterocycles. The van der Waals surface area contributed by atoms with E-state index in [1.165, 1.54) is 10.9 Å². The van der Waals surface area contributed by atoms with Crippen LogP contribution in [0.25, 0.3) is 0 Å². The lowest BCUT2D eigenvalue weighted by Gasteiger charge is -2.18. The number of rotatable bonds is 6. The highest BCUT2D eigenvalue weighted by Crippen LogP contribution is 2.30. The molecular formula is C16H20ClFN2S. The van der Waals surface area contributed by atoms with Crippen molar-refractivity contribution in [3.8, 4) is 0 Å². The fourth-order valence-electron chi connectivity index (χ4n) is 2.37. The van der Waals surface area contributed by atoms with E-state index in [-0.39, 0.29) is 16.9 Å². The molecule has 1 unspecified atom stereocenters. The van der Waals surface area contributed by atoms with Gasteiger partial charge in [-0.15, -0.1) is 11.3 Å². The van der Waals surface area contributed by atoms with Crippen LogP contribution >= 0.6 is 22.9 Å². The predicted molar refractivity (Wildman–Crippen MR) is 87.7 cm³/mol. The van der Waals surface area contributed by atoms with E-state index in [2.05, 4.69) is 17.2 Å². The van der Waals surface area contributed by atoms with E-state index in [9.17, 15) is 4.39 Å². The van der Waals surface area contributed by atoms with E-state index in [1.807, 2.05) is 19.9 Å². The van der Waals surface area contributed by atoms with E-state index in [1.54, 1.807) is 17.4 Å². The second kappa shape index (κ2) is 7.34. The molecule has 1 heterocycles. The minimum Gasteiger partial charge on any atom is -0.309 e. The van der Waals surface area contributed by atoms with Crippen molar-refractivity contribution in [2.45, 2.75) is 39.7 Å². The molecule has 5 heteroatoms.